The summed E-state index contributed by atoms with van der Waals surface area (Å²) in [6.07, 6.45) is 1.42. The summed E-state index contributed by atoms with van der Waals surface area (Å²) in [6.45, 7) is 3.67. The number of barbiturate groups is 1. The van der Waals surface area contributed by atoms with Gasteiger partial charge in [-0.15, -0.1) is 0 Å². The van der Waals surface area contributed by atoms with E-state index in [0.717, 1.165) is 9.80 Å². The van der Waals surface area contributed by atoms with Crippen molar-refractivity contribution in [3.63, 3.8) is 0 Å². The van der Waals surface area contributed by atoms with Gasteiger partial charge in [-0.25, -0.2) is 14.6 Å². The SMILES string of the molecule is COc1cc(C=C2C(=O)N(c3ccccc3C)C(=O)N(c3ccccc3C)C2=O)cc(Br)c1OCc1ccc([N+](=O)[O-])cc1. The summed E-state index contributed by atoms with van der Waals surface area (Å²) in [5, 5.41) is 10.9. The molecule has 1 aliphatic heterocycles. The number of hydrogen-bond acceptors (Lipinski definition) is 7. The van der Waals surface area contributed by atoms with Crippen molar-refractivity contribution in [2.45, 2.75) is 20.5 Å². The van der Waals surface area contributed by atoms with Gasteiger partial charge < -0.3 is 9.47 Å². The van der Waals surface area contributed by atoms with Crippen molar-refractivity contribution >= 4 is 56.9 Å². The first-order valence-electron chi connectivity index (χ1n) is 13.4. The van der Waals surface area contributed by atoms with Crippen LogP contribution in [0.3, 0.4) is 0 Å². The van der Waals surface area contributed by atoms with Crippen LogP contribution in [0.5, 0.6) is 11.5 Å². The van der Waals surface area contributed by atoms with Gasteiger partial charge in [0.15, 0.2) is 11.5 Å². The maximum absolute atomic E-state index is 13.9. The number of non-ortho nitro benzene ring substituents is 1. The Balaban J connectivity index is 1.54. The molecule has 0 bridgehead atoms. The van der Waals surface area contributed by atoms with Crippen molar-refractivity contribution in [2.24, 2.45) is 0 Å². The number of amides is 4. The first kappa shape index (κ1) is 30.2. The third-order valence-corrected chi connectivity index (χ3v) is 7.64. The van der Waals surface area contributed by atoms with Crippen LogP contribution < -0.4 is 19.3 Å². The van der Waals surface area contributed by atoms with E-state index < -0.39 is 22.8 Å². The minimum atomic E-state index is -0.769. The zero-order valence-corrected chi connectivity index (χ0v) is 25.5. The van der Waals surface area contributed by atoms with Gasteiger partial charge in [0.25, 0.3) is 17.5 Å². The second kappa shape index (κ2) is 12.5. The van der Waals surface area contributed by atoms with Crippen LogP contribution in [0.2, 0.25) is 0 Å². The van der Waals surface area contributed by atoms with E-state index in [0.29, 0.717) is 49.6 Å². The molecule has 5 rings (SSSR count). The quantitative estimate of drug-likeness (QED) is 0.0856. The van der Waals surface area contributed by atoms with Gasteiger partial charge in [-0.2, -0.15) is 0 Å². The molecule has 0 radical (unpaired) electrons. The lowest BCUT2D eigenvalue weighted by molar-refractivity contribution is -0.384. The van der Waals surface area contributed by atoms with E-state index >= 15 is 0 Å². The number of nitro benzene ring substituents is 1. The van der Waals surface area contributed by atoms with E-state index in [4.69, 9.17) is 9.47 Å². The summed E-state index contributed by atoms with van der Waals surface area (Å²) < 4.78 is 12.0. The minimum absolute atomic E-state index is 0.0274. The Morgan fingerprint density at radius 3 is 1.89 bits per heavy atom. The average molecular weight is 656 g/mol. The third kappa shape index (κ3) is 5.82. The molecule has 1 fully saturated rings. The zero-order valence-electron chi connectivity index (χ0n) is 23.9. The number of imide groups is 2. The summed E-state index contributed by atoms with van der Waals surface area (Å²) in [4.78, 5) is 54.0. The molecule has 4 aromatic rings. The van der Waals surface area contributed by atoms with Crippen molar-refractivity contribution in [2.75, 3.05) is 16.9 Å². The molecule has 0 saturated carbocycles. The second-order valence-corrected chi connectivity index (χ2v) is 10.8. The lowest BCUT2D eigenvalue weighted by Crippen LogP contribution is -2.57. The Kier molecular flexibility index (Phi) is 8.59. The number of carbonyl (C=O) groups is 3. The van der Waals surface area contributed by atoms with Gasteiger partial charge in [-0.1, -0.05) is 36.4 Å². The molecule has 0 N–H and O–H groups in total. The highest BCUT2D eigenvalue weighted by Gasteiger charge is 2.44. The molecule has 1 saturated heterocycles. The molecule has 0 aromatic heterocycles. The smallest absolute Gasteiger partial charge is 0.343 e. The summed E-state index contributed by atoms with van der Waals surface area (Å²) >= 11 is 3.50. The largest absolute Gasteiger partial charge is 0.493 e. The number of nitro groups is 1. The van der Waals surface area contributed by atoms with Crippen molar-refractivity contribution < 1.29 is 28.8 Å². The predicted molar refractivity (Wildman–Crippen MR) is 169 cm³/mol. The first-order valence-corrected chi connectivity index (χ1v) is 14.2. The molecule has 1 aliphatic rings. The number of carbonyl (C=O) groups excluding carboxylic acids is 3. The number of anilines is 2. The topological polar surface area (TPSA) is 119 Å². The highest BCUT2D eigenvalue weighted by molar-refractivity contribution is 9.10. The van der Waals surface area contributed by atoms with Crippen LogP contribution in [0.25, 0.3) is 6.08 Å². The van der Waals surface area contributed by atoms with Crippen LogP contribution in [0.1, 0.15) is 22.3 Å². The van der Waals surface area contributed by atoms with E-state index in [9.17, 15) is 24.5 Å². The monoisotopic (exact) mass is 655 g/mol. The molecule has 44 heavy (non-hydrogen) atoms. The molecule has 0 unspecified atom stereocenters. The fourth-order valence-corrected chi connectivity index (χ4v) is 5.36. The molecule has 0 spiro atoms. The Bertz CT molecular complexity index is 1770. The molecule has 4 amide bonds. The summed E-state index contributed by atoms with van der Waals surface area (Å²) in [7, 11) is 1.45. The van der Waals surface area contributed by atoms with Crippen molar-refractivity contribution in [3.05, 3.63) is 127 Å². The maximum atomic E-state index is 13.9. The average Bonchev–Trinajstić information content (AvgIpc) is 3.00. The van der Waals surface area contributed by atoms with Crippen LogP contribution in [-0.4, -0.2) is 29.9 Å². The highest BCUT2D eigenvalue weighted by Crippen LogP contribution is 2.39. The fraction of sp³-hybridized carbons (Fsp3) is 0.121. The van der Waals surface area contributed by atoms with Crippen molar-refractivity contribution in [1.29, 1.82) is 0 Å². The molecule has 0 aliphatic carbocycles. The number of aryl methyl sites for hydroxylation is 2. The number of halogens is 1. The van der Waals surface area contributed by atoms with Gasteiger partial charge in [-0.3, -0.25) is 19.7 Å². The summed E-state index contributed by atoms with van der Waals surface area (Å²) in [5.41, 5.74) is 3.01. The Labute approximate surface area is 261 Å². The Morgan fingerprint density at radius 2 is 1.39 bits per heavy atom. The first-order chi connectivity index (χ1) is 21.1. The molecular weight excluding hydrogens is 630 g/mol. The number of rotatable bonds is 8. The number of methoxy groups -OCH3 is 1. The molecule has 11 heteroatoms. The number of para-hydroxylation sites is 2. The van der Waals surface area contributed by atoms with E-state index in [1.807, 2.05) is 0 Å². The number of ether oxygens (including phenoxy) is 2. The van der Waals surface area contributed by atoms with Gasteiger partial charge >= 0.3 is 6.03 Å². The molecule has 222 valence electrons. The normalized spacial score (nSPS) is 13.3. The van der Waals surface area contributed by atoms with Crippen molar-refractivity contribution in [1.82, 2.24) is 0 Å². The Morgan fingerprint density at radius 1 is 0.841 bits per heavy atom. The molecule has 10 nitrogen and oxygen atoms in total. The van der Waals surface area contributed by atoms with Gasteiger partial charge in [0.05, 0.1) is 27.9 Å². The zero-order chi connectivity index (χ0) is 31.5. The number of urea groups is 1. The number of hydrogen-bond donors (Lipinski definition) is 0. The van der Waals surface area contributed by atoms with Gasteiger partial charge in [-0.05, 0) is 94.5 Å². The van der Waals surface area contributed by atoms with Crippen LogP contribution in [-0.2, 0) is 16.2 Å². The predicted octanol–water partition coefficient (Wildman–Crippen LogP) is 7.15. The highest BCUT2D eigenvalue weighted by atomic mass is 79.9. The van der Waals surface area contributed by atoms with Crippen LogP contribution in [0.15, 0.2) is 95.0 Å². The van der Waals surface area contributed by atoms with Crippen molar-refractivity contribution in [3.8, 4) is 11.5 Å². The van der Waals surface area contributed by atoms with Crippen LogP contribution in [0, 0.1) is 24.0 Å². The Hall–Kier alpha value is -5.29. The fourth-order valence-electron chi connectivity index (χ4n) is 4.78. The van der Waals surface area contributed by atoms with E-state index in [-0.39, 0.29) is 17.9 Å². The van der Waals surface area contributed by atoms with E-state index in [1.54, 1.807) is 86.6 Å². The van der Waals surface area contributed by atoms with Crippen LogP contribution in [0.4, 0.5) is 21.9 Å². The molecule has 4 aromatic carbocycles. The summed E-state index contributed by atoms with van der Waals surface area (Å²) in [6, 6.07) is 22.4. The summed E-state index contributed by atoms with van der Waals surface area (Å²) in [5.74, 6) is -0.848. The molecule has 0 atom stereocenters. The van der Waals surface area contributed by atoms with Gasteiger partial charge in [0.1, 0.15) is 12.2 Å². The lowest BCUT2D eigenvalue weighted by Gasteiger charge is -2.35. The molecule has 1 heterocycles. The minimum Gasteiger partial charge on any atom is -0.493 e. The van der Waals surface area contributed by atoms with E-state index in [1.165, 1.54) is 25.3 Å². The van der Waals surface area contributed by atoms with E-state index in [2.05, 4.69) is 15.9 Å². The molecular formula is C33H26BrN3O7. The third-order valence-electron chi connectivity index (χ3n) is 7.06. The second-order valence-electron chi connectivity index (χ2n) is 9.94. The number of benzene rings is 4. The van der Waals surface area contributed by atoms with Gasteiger partial charge in [0, 0.05) is 12.1 Å². The van der Waals surface area contributed by atoms with Crippen LogP contribution >= 0.6 is 15.9 Å². The lowest BCUT2D eigenvalue weighted by atomic mass is 10.0. The van der Waals surface area contributed by atoms with Gasteiger partial charge in [0.2, 0.25) is 0 Å². The standard InChI is InChI=1S/C33H26BrN3O7/c1-20-8-4-6-10-27(20)35-31(38)25(32(39)36(33(35)40)28-11-7-5-9-21(28)2)16-23-17-26(34)30(29(18-23)43-3)44-19-22-12-14-24(15-13-22)37(41)42/h4-18H,19H2,1-3H3. The number of nitrogens with zero attached hydrogens (tertiary/aromatic N) is 3. The maximum Gasteiger partial charge on any atom is 0.343 e.